The second kappa shape index (κ2) is 9.28. The first kappa shape index (κ1) is 29.1. The van der Waals surface area contributed by atoms with Crippen LogP contribution in [0.3, 0.4) is 0 Å². The van der Waals surface area contributed by atoms with Gasteiger partial charge in [-0.25, -0.2) is 9.18 Å². The third-order valence-electron chi connectivity index (χ3n) is 14.6. The highest BCUT2D eigenvalue weighted by Gasteiger charge is 2.70. The highest BCUT2D eigenvalue weighted by atomic mass is 19.1. The van der Waals surface area contributed by atoms with Gasteiger partial charge in [-0.3, -0.25) is 0 Å². The molecule has 5 aliphatic rings. The number of aliphatic hydroxyl groups is 1. The van der Waals surface area contributed by atoms with Crippen LogP contribution in [0.25, 0.3) is 5.57 Å². The van der Waals surface area contributed by atoms with Gasteiger partial charge in [0.05, 0.1) is 5.56 Å². The van der Waals surface area contributed by atoms with Crippen LogP contribution < -0.4 is 0 Å². The number of benzene rings is 1. The Kier molecular flexibility index (Phi) is 6.60. The quantitative estimate of drug-likeness (QED) is 0.360. The Hall–Kier alpha value is -1.94. The van der Waals surface area contributed by atoms with Gasteiger partial charge in [-0.15, -0.1) is 0 Å². The topological polar surface area (TPSA) is 57.5 Å². The number of hydrogen-bond donors (Lipinski definition) is 2. The van der Waals surface area contributed by atoms with Crippen LogP contribution in [0.5, 0.6) is 0 Å². The van der Waals surface area contributed by atoms with Crippen LogP contribution in [0.2, 0.25) is 0 Å². The van der Waals surface area contributed by atoms with Gasteiger partial charge >= 0.3 is 5.97 Å². The average Bonchev–Trinajstić information content (AvgIpc) is 3.30. The number of aromatic carboxylic acids is 1. The molecule has 0 amide bonds. The van der Waals surface area contributed by atoms with E-state index >= 15 is 4.39 Å². The number of carboxylic acids is 1. The van der Waals surface area contributed by atoms with Crippen LogP contribution in [0.1, 0.15) is 115 Å². The molecule has 4 heteroatoms. The van der Waals surface area contributed by atoms with Crippen molar-refractivity contribution in [1.29, 1.82) is 0 Å². The van der Waals surface area contributed by atoms with Gasteiger partial charge in [-0.1, -0.05) is 58.9 Å². The molecular weight excluding hydrogens is 511 g/mol. The van der Waals surface area contributed by atoms with Crippen LogP contribution in [0, 0.1) is 62.5 Å². The first-order chi connectivity index (χ1) is 19.2. The molecule has 1 aromatic carbocycles. The summed E-state index contributed by atoms with van der Waals surface area (Å²) < 4.78 is 15.4. The van der Waals surface area contributed by atoms with Crippen molar-refractivity contribution < 1.29 is 19.4 Å². The monoisotopic (exact) mass is 562 g/mol. The fraction of sp³-hybridized carbons (Fsp3) is 0.703. The third kappa shape index (κ3) is 3.74. The molecule has 9 atom stereocenters. The fourth-order valence-corrected chi connectivity index (χ4v) is 12.5. The third-order valence-corrected chi connectivity index (χ3v) is 14.6. The van der Waals surface area contributed by atoms with Crippen LogP contribution in [0.15, 0.2) is 36.4 Å². The highest BCUT2D eigenvalue weighted by Crippen LogP contribution is 2.77. The van der Waals surface area contributed by atoms with Gasteiger partial charge in [0.1, 0.15) is 5.82 Å². The number of rotatable bonds is 4. The highest BCUT2D eigenvalue weighted by molar-refractivity contribution is 5.88. The molecular formula is C37H51FO3. The first-order valence-electron chi connectivity index (χ1n) is 16.2. The largest absolute Gasteiger partial charge is 0.478 e. The molecule has 0 spiro atoms. The average molecular weight is 563 g/mol. The van der Waals surface area contributed by atoms with E-state index in [-0.39, 0.29) is 32.6 Å². The second-order valence-corrected chi connectivity index (χ2v) is 16.2. The molecule has 6 rings (SSSR count). The molecule has 0 saturated heterocycles. The Bertz CT molecular complexity index is 1310. The summed E-state index contributed by atoms with van der Waals surface area (Å²) >= 11 is 0. The summed E-state index contributed by atoms with van der Waals surface area (Å²) in [4.78, 5) is 11.4. The summed E-state index contributed by atoms with van der Waals surface area (Å²) in [5, 5.41) is 20.1. The van der Waals surface area contributed by atoms with Gasteiger partial charge in [0.15, 0.2) is 0 Å². The van der Waals surface area contributed by atoms with Crippen molar-refractivity contribution >= 4 is 11.5 Å². The van der Waals surface area contributed by atoms with E-state index in [0.717, 1.165) is 31.3 Å². The Morgan fingerprint density at radius 3 is 2.34 bits per heavy atom. The number of allylic oxidation sites excluding steroid dienone is 3. The summed E-state index contributed by atoms with van der Waals surface area (Å²) in [5.41, 5.74) is 3.35. The predicted octanol–water partition coefficient (Wildman–Crippen LogP) is 9.17. The van der Waals surface area contributed by atoms with E-state index in [4.69, 9.17) is 0 Å². The smallest absolute Gasteiger partial charge is 0.335 e. The van der Waals surface area contributed by atoms with Gasteiger partial charge in [0, 0.05) is 12.2 Å². The Morgan fingerprint density at radius 1 is 0.976 bits per heavy atom. The molecule has 5 aliphatic carbocycles. The molecule has 0 bridgehead atoms. The molecule has 0 radical (unpaired) electrons. The summed E-state index contributed by atoms with van der Waals surface area (Å²) in [5.74, 6) is 1.19. The Morgan fingerprint density at radius 2 is 1.71 bits per heavy atom. The lowest BCUT2D eigenvalue weighted by Crippen LogP contribution is -2.65. The van der Waals surface area contributed by atoms with Crippen molar-refractivity contribution in [3.63, 3.8) is 0 Å². The SMILES string of the molecule is C=C(C)[C@@H]1CC[C@]2(CO)CC[C@]3(C)[C@H](CC[C@@H]4[C@@]5(C)CC=C(c6ccc(C(=O)O)cc6F)C(C)(C)[C@@H]5CC[C@]43C)C12. The first-order valence-corrected chi connectivity index (χ1v) is 16.2. The molecule has 224 valence electrons. The molecule has 0 aromatic heterocycles. The van der Waals surface area contributed by atoms with E-state index in [1.54, 1.807) is 12.1 Å². The Balaban J connectivity index is 1.37. The molecule has 3 nitrogen and oxygen atoms in total. The Labute approximate surface area is 246 Å². The number of halogens is 1. The molecule has 4 fully saturated rings. The molecule has 2 N–H and O–H groups in total. The van der Waals surface area contributed by atoms with Crippen molar-refractivity contribution in [2.45, 2.75) is 99.3 Å². The second-order valence-electron chi connectivity index (χ2n) is 16.2. The van der Waals surface area contributed by atoms with Crippen LogP contribution >= 0.6 is 0 Å². The lowest BCUT2D eigenvalue weighted by molar-refractivity contribution is -0.228. The zero-order chi connectivity index (χ0) is 29.8. The molecule has 41 heavy (non-hydrogen) atoms. The van der Waals surface area contributed by atoms with Gasteiger partial charge in [-0.05, 0) is 139 Å². The minimum Gasteiger partial charge on any atom is -0.478 e. The molecule has 1 unspecified atom stereocenters. The number of carboxylic acid groups (broad SMARTS) is 1. The number of aliphatic hydroxyl groups excluding tert-OH is 1. The zero-order valence-corrected chi connectivity index (χ0v) is 26.2. The van der Waals surface area contributed by atoms with Gasteiger partial charge in [0.2, 0.25) is 0 Å². The van der Waals surface area contributed by atoms with Gasteiger partial charge < -0.3 is 10.2 Å². The fourth-order valence-electron chi connectivity index (χ4n) is 12.5. The number of hydrogen-bond acceptors (Lipinski definition) is 2. The van der Waals surface area contributed by atoms with Crippen LogP contribution in [-0.2, 0) is 0 Å². The van der Waals surface area contributed by atoms with Crippen LogP contribution in [0.4, 0.5) is 4.39 Å². The minimum atomic E-state index is -1.10. The maximum atomic E-state index is 15.4. The minimum absolute atomic E-state index is 0.00223. The lowest BCUT2D eigenvalue weighted by Gasteiger charge is -2.72. The van der Waals surface area contributed by atoms with Gasteiger partial charge in [0.25, 0.3) is 0 Å². The van der Waals surface area contributed by atoms with Crippen molar-refractivity contribution in [2.24, 2.45) is 56.7 Å². The van der Waals surface area contributed by atoms with Gasteiger partial charge in [-0.2, -0.15) is 0 Å². The summed E-state index contributed by atoms with van der Waals surface area (Å²) in [6.07, 6.45) is 12.7. The zero-order valence-electron chi connectivity index (χ0n) is 26.2. The lowest BCUT2D eigenvalue weighted by atomic mass is 9.32. The molecule has 0 aliphatic heterocycles. The van der Waals surface area contributed by atoms with E-state index in [0.29, 0.717) is 41.8 Å². The summed E-state index contributed by atoms with van der Waals surface area (Å²) in [6.45, 7) is 19.4. The predicted molar refractivity (Wildman–Crippen MR) is 163 cm³/mol. The van der Waals surface area contributed by atoms with Crippen molar-refractivity contribution in [2.75, 3.05) is 6.61 Å². The van der Waals surface area contributed by atoms with Crippen LogP contribution in [-0.4, -0.2) is 22.8 Å². The molecule has 4 saturated carbocycles. The number of fused-ring (bicyclic) bond motifs is 7. The van der Waals surface area contributed by atoms with Crippen molar-refractivity contribution in [3.05, 3.63) is 53.4 Å². The normalized spacial score (nSPS) is 44.6. The van der Waals surface area contributed by atoms with E-state index in [1.807, 2.05) is 0 Å². The van der Waals surface area contributed by atoms with Crippen molar-refractivity contribution in [3.8, 4) is 0 Å². The maximum Gasteiger partial charge on any atom is 0.335 e. The summed E-state index contributed by atoms with van der Waals surface area (Å²) in [7, 11) is 0. The van der Waals surface area contributed by atoms with Crippen molar-refractivity contribution in [1.82, 2.24) is 0 Å². The number of carbonyl (C=O) groups is 1. The summed E-state index contributed by atoms with van der Waals surface area (Å²) in [6, 6.07) is 4.41. The standard InChI is InChI=1S/C37H51FO3/c1-22(2)24-12-17-37(21-39)19-18-35(6)27(31(24)37)10-11-30-34(5)15-13-26(25-9-8-23(32(40)41)20-28(25)38)33(3,4)29(34)14-16-36(30,35)7/h8-9,13,20,24,27,29-31,39H,1,10-12,14-19,21H2,2-7H3,(H,40,41)/t24-,27+,29-,30+,31?,34-,35+,36+,37+/m0/s1. The molecule has 0 heterocycles. The van der Waals surface area contributed by atoms with E-state index in [1.165, 1.54) is 43.7 Å². The van der Waals surface area contributed by atoms with E-state index < -0.39 is 11.8 Å². The maximum absolute atomic E-state index is 15.4. The molecule has 1 aromatic rings. The van der Waals surface area contributed by atoms with E-state index in [2.05, 4.69) is 54.2 Å². The van der Waals surface area contributed by atoms with E-state index in [9.17, 15) is 15.0 Å².